The van der Waals surface area contributed by atoms with Crippen molar-refractivity contribution in [2.24, 2.45) is 0 Å². The van der Waals surface area contributed by atoms with Crippen LogP contribution in [-0.4, -0.2) is 10.7 Å². The van der Waals surface area contributed by atoms with Crippen molar-refractivity contribution in [2.45, 2.75) is 38.2 Å². The highest BCUT2D eigenvalue weighted by molar-refractivity contribution is 7.09. The summed E-state index contributed by atoms with van der Waals surface area (Å²) in [5.74, 6) is 0. The minimum atomic E-state index is -0.578. The van der Waals surface area contributed by atoms with Crippen LogP contribution in [0.1, 0.15) is 30.2 Å². The molecule has 2 heteroatoms. The number of thiophene rings is 1. The van der Waals surface area contributed by atoms with Crippen molar-refractivity contribution in [1.29, 1.82) is 0 Å². The topological polar surface area (TPSA) is 20.2 Å². The maximum Gasteiger partial charge on any atom is 0.0688 e. The molecule has 0 fully saturated rings. The van der Waals surface area contributed by atoms with Crippen molar-refractivity contribution in [1.82, 2.24) is 0 Å². The molecule has 1 aromatic carbocycles. The summed E-state index contributed by atoms with van der Waals surface area (Å²) in [7, 11) is 0. The van der Waals surface area contributed by atoms with E-state index in [1.807, 2.05) is 18.2 Å². The molecule has 1 heterocycles. The van der Waals surface area contributed by atoms with E-state index in [0.717, 1.165) is 25.7 Å². The summed E-state index contributed by atoms with van der Waals surface area (Å²) in [5.41, 5.74) is 0.638. The maximum absolute atomic E-state index is 10.7. The monoisotopic (exact) mass is 260 g/mol. The van der Waals surface area contributed by atoms with Crippen LogP contribution in [0.3, 0.4) is 0 Å². The van der Waals surface area contributed by atoms with Crippen molar-refractivity contribution < 1.29 is 5.11 Å². The molecule has 96 valence electrons. The molecule has 2 rings (SSSR count). The molecule has 1 unspecified atom stereocenters. The molecule has 18 heavy (non-hydrogen) atoms. The van der Waals surface area contributed by atoms with Crippen molar-refractivity contribution in [3.63, 3.8) is 0 Å². The van der Waals surface area contributed by atoms with E-state index in [-0.39, 0.29) is 0 Å². The molecule has 0 spiro atoms. The lowest BCUT2D eigenvalue weighted by Crippen LogP contribution is -2.31. The van der Waals surface area contributed by atoms with E-state index in [1.54, 1.807) is 11.3 Å². The number of rotatable bonds is 6. The SMILES string of the molecule is CCC(O)(CCc1cccs1)Cc1ccccc1. The number of hydrogen-bond acceptors (Lipinski definition) is 2. The van der Waals surface area contributed by atoms with Crippen LogP contribution >= 0.6 is 11.3 Å². The lowest BCUT2D eigenvalue weighted by atomic mass is 9.87. The second-order valence-electron chi connectivity index (χ2n) is 4.82. The lowest BCUT2D eigenvalue weighted by molar-refractivity contribution is 0.0282. The molecule has 1 nitrogen and oxygen atoms in total. The molecule has 1 aromatic heterocycles. The molecule has 0 amide bonds. The van der Waals surface area contributed by atoms with Gasteiger partial charge in [0.15, 0.2) is 0 Å². The van der Waals surface area contributed by atoms with Crippen LogP contribution in [0.2, 0.25) is 0 Å². The Morgan fingerprint density at radius 3 is 2.50 bits per heavy atom. The fraction of sp³-hybridized carbons (Fsp3) is 0.375. The molecule has 0 aliphatic rings. The first-order valence-electron chi connectivity index (χ1n) is 6.50. The Labute approximate surface area is 113 Å². The van der Waals surface area contributed by atoms with Gasteiger partial charge in [-0.2, -0.15) is 0 Å². The van der Waals surface area contributed by atoms with Crippen LogP contribution in [0.15, 0.2) is 47.8 Å². The van der Waals surface area contributed by atoms with Crippen molar-refractivity contribution in [3.8, 4) is 0 Å². The van der Waals surface area contributed by atoms with Crippen molar-refractivity contribution in [2.75, 3.05) is 0 Å². The highest BCUT2D eigenvalue weighted by Gasteiger charge is 2.24. The lowest BCUT2D eigenvalue weighted by Gasteiger charge is -2.26. The molecule has 0 saturated carbocycles. The quantitative estimate of drug-likeness (QED) is 0.830. The summed E-state index contributed by atoms with van der Waals surface area (Å²) < 4.78 is 0. The Morgan fingerprint density at radius 1 is 1.11 bits per heavy atom. The molecular weight excluding hydrogens is 240 g/mol. The number of hydrogen-bond donors (Lipinski definition) is 1. The van der Waals surface area contributed by atoms with Gasteiger partial charge in [0.05, 0.1) is 5.60 Å². The van der Waals surface area contributed by atoms with Gasteiger partial charge in [0.1, 0.15) is 0 Å². The number of aryl methyl sites for hydroxylation is 1. The third-order valence-corrected chi connectivity index (χ3v) is 4.39. The van der Waals surface area contributed by atoms with E-state index in [9.17, 15) is 5.11 Å². The molecule has 0 saturated heterocycles. The zero-order chi connectivity index (χ0) is 12.8. The summed E-state index contributed by atoms with van der Waals surface area (Å²) in [6, 6.07) is 14.5. The minimum Gasteiger partial charge on any atom is -0.390 e. The smallest absolute Gasteiger partial charge is 0.0688 e. The molecule has 1 atom stereocenters. The van der Waals surface area contributed by atoms with Gasteiger partial charge in [-0.05, 0) is 36.3 Å². The fourth-order valence-corrected chi connectivity index (χ4v) is 2.89. The summed E-state index contributed by atoms with van der Waals surface area (Å²) in [6.07, 6.45) is 3.34. The fourth-order valence-electron chi connectivity index (χ4n) is 2.18. The third kappa shape index (κ3) is 3.69. The highest BCUT2D eigenvalue weighted by Crippen LogP contribution is 2.24. The van der Waals surface area contributed by atoms with Gasteiger partial charge >= 0.3 is 0 Å². The zero-order valence-electron chi connectivity index (χ0n) is 10.8. The summed E-state index contributed by atoms with van der Waals surface area (Å²) in [5, 5.41) is 12.8. The van der Waals surface area contributed by atoms with E-state index >= 15 is 0 Å². The second-order valence-corrected chi connectivity index (χ2v) is 5.85. The van der Waals surface area contributed by atoms with Crippen LogP contribution in [0.5, 0.6) is 0 Å². The Morgan fingerprint density at radius 2 is 1.89 bits per heavy atom. The van der Waals surface area contributed by atoms with E-state index in [4.69, 9.17) is 0 Å². The van der Waals surface area contributed by atoms with E-state index in [1.165, 1.54) is 10.4 Å². The third-order valence-electron chi connectivity index (χ3n) is 3.45. The van der Waals surface area contributed by atoms with Gasteiger partial charge in [0, 0.05) is 11.3 Å². The van der Waals surface area contributed by atoms with Gasteiger partial charge < -0.3 is 5.11 Å². The van der Waals surface area contributed by atoms with Crippen LogP contribution < -0.4 is 0 Å². The predicted molar refractivity (Wildman–Crippen MR) is 78.0 cm³/mol. The average Bonchev–Trinajstić information content (AvgIpc) is 2.91. The van der Waals surface area contributed by atoms with Gasteiger partial charge in [-0.15, -0.1) is 11.3 Å². The Kier molecular flexibility index (Phi) is 4.56. The second kappa shape index (κ2) is 6.17. The first-order valence-corrected chi connectivity index (χ1v) is 7.38. The Bertz CT molecular complexity index is 449. The van der Waals surface area contributed by atoms with Gasteiger partial charge in [-0.3, -0.25) is 0 Å². The summed E-state index contributed by atoms with van der Waals surface area (Å²) >= 11 is 1.77. The van der Waals surface area contributed by atoms with Gasteiger partial charge in [0.2, 0.25) is 0 Å². The largest absolute Gasteiger partial charge is 0.390 e. The van der Waals surface area contributed by atoms with E-state index in [0.29, 0.717) is 0 Å². The molecule has 0 radical (unpaired) electrons. The Balaban J connectivity index is 1.97. The average molecular weight is 260 g/mol. The summed E-state index contributed by atoms with van der Waals surface area (Å²) in [6.45, 7) is 2.07. The highest BCUT2D eigenvalue weighted by atomic mass is 32.1. The molecule has 1 N–H and O–H groups in total. The standard InChI is InChI=1S/C16H20OS/c1-2-16(17,11-10-15-9-6-12-18-15)13-14-7-4-3-5-8-14/h3-9,12,17H,2,10-11,13H2,1H3. The first kappa shape index (κ1) is 13.3. The van der Waals surface area contributed by atoms with Crippen LogP contribution in [-0.2, 0) is 12.8 Å². The number of aliphatic hydroxyl groups is 1. The Hall–Kier alpha value is -1.12. The maximum atomic E-state index is 10.7. The first-order chi connectivity index (χ1) is 8.72. The molecular formula is C16H20OS. The van der Waals surface area contributed by atoms with E-state index < -0.39 is 5.60 Å². The van der Waals surface area contributed by atoms with Crippen LogP contribution in [0.25, 0.3) is 0 Å². The predicted octanol–water partition coefficient (Wildman–Crippen LogP) is 4.06. The molecule has 0 aliphatic carbocycles. The van der Waals surface area contributed by atoms with Crippen LogP contribution in [0, 0.1) is 0 Å². The van der Waals surface area contributed by atoms with Crippen molar-refractivity contribution in [3.05, 3.63) is 58.3 Å². The van der Waals surface area contributed by atoms with Gasteiger partial charge in [-0.1, -0.05) is 43.3 Å². The zero-order valence-corrected chi connectivity index (χ0v) is 11.6. The number of benzene rings is 1. The van der Waals surface area contributed by atoms with Crippen LogP contribution in [0.4, 0.5) is 0 Å². The van der Waals surface area contributed by atoms with Crippen molar-refractivity contribution >= 4 is 11.3 Å². The van der Waals surface area contributed by atoms with Gasteiger partial charge in [-0.25, -0.2) is 0 Å². The van der Waals surface area contributed by atoms with Gasteiger partial charge in [0.25, 0.3) is 0 Å². The normalized spacial score (nSPS) is 14.3. The minimum absolute atomic E-state index is 0.578. The van der Waals surface area contributed by atoms with E-state index in [2.05, 4.69) is 36.6 Å². The molecule has 0 aliphatic heterocycles. The summed E-state index contributed by atoms with van der Waals surface area (Å²) in [4.78, 5) is 1.36. The molecule has 0 bridgehead atoms. The molecule has 2 aromatic rings.